The van der Waals surface area contributed by atoms with Crippen LogP contribution in [0.4, 0.5) is 0 Å². The Hall–Kier alpha value is -0.705. The minimum Gasteiger partial charge on any atom is -0.382 e. The zero-order valence-corrected chi connectivity index (χ0v) is 7.75. The molecule has 1 saturated heterocycles. The van der Waals surface area contributed by atoms with Gasteiger partial charge in [0.25, 0.3) is 0 Å². The summed E-state index contributed by atoms with van der Waals surface area (Å²) in [5.41, 5.74) is 8.34. The van der Waals surface area contributed by atoms with E-state index in [0.29, 0.717) is 6.61 Å². The molecular weight excluding hydrogens is 169 g/mol. The van der Waals surface area contributed by atoms with Crippen molar-refractivity contribution in [2.45, 2.75) is 25.1 Å². The second-order valence-corrected chi connectivity index (χ2v) is 3.15. The highest BCUT2D eigenvalue weighted by Gasteiger charge is 2.38. The molecule has 1 rings (SSSR count). The molecule has 70 valence electrons. The molecule has 1 aliphatic heterocycles. The van der Waals surface area contributed by atoms with E-state index in [1.807, 2.05) is 6.92 Å². The number of azide groups is 1. The third-order valence-corrected chi connectivity index (χ3v) is 2.29. The fourth-order valence-electron chi connectivity index (χ4n) is 1.48. The van der Waals surface area contributed by atoms with Crippen LogP contribution in [0.15, 0.2) is 5.11 Å². The van der Waals surface area contributed by atoms with Crippen molar-refractivity contribution in [3.05, 3.63) is 10.4 Å². The van der Waals surface area contributed by atoms with Crippen LogP contribution >= 0.6 is 0 Å². The van der Waals surface area contributed by atoms with Crippen molar-refractivity contribution in [3.8, 4) is 0 Å². The minimum absolute atomic E-state index is 0.0380. The minimum atomic E-state index is -0.365. The molecule has 0 spiro atoms. The monoisotopic (exact) mass is 181 g/mol. The number of methoxy groups -OCH3 is 1. The lowest BCUT2D eigenvalue weighted by Crippen LogP contribution is -2.27. The van der Waals surface area contributed by atoms with Crippen LogP contribution in [0.3, 0.4) is 0 Å². The first-order valence-corrected chi connectivity index (χ1v) is 4.15. The SMILES string of the molecule is [B][C@@H]1O[C@H](COC)[C@@H](N=[N+]=[N-])C1C. The molecule has 0 saturated carbocycles. The number of rotatable bonds is 3. The summed E-state index contributed by atoms with van der Waals surface area (Å²) < 4.78 is 10.3. The van der Waals surface area contributed by atoms with Gasteiger partial charge in [0.15, 0.2) is 0 Å². The van der Waals surface area contributed by atoms with Gasteiger partial charge in [-0.2, -0.15) is 0 Å². The summed E-state index contributed by atoms with van der Waals surface area (Å²) in [5.74, 6) is 0.0380. The molecule has 6 heteroatoms. The van der Waals surface area contributed by atoms with Gasteiger partial charge >= 0.3 is 0 Å². The molecule has 0 aliphatic carbocycles. The van der Waals surface area contributed by atoms with E-state index < -0.39 is 0 Å². The van der Waals surface area contributed by atoms with Gasteiger partial charge < -0.3 is 9.47 Å². The first kappa shape index (κ1) is 10.4. The van der Waals surface area contributed by atoms with Gasteiger partial charge in [-0.15, -0.1) is 0 Å². The second kappa shape index (κ2) is 4.51. The van der Waals surface area contributed by atoms with Gasteiger partial charge in [0.05, 0.1) is 18.8 Å². The van der Waals surface area contributed by atoms with Gasteiger partial charge in [0, 0.05) is 18.0 Å². The highest BCUT2D eigenvalue weighted by molar-refractivity contribution is 6.11. The van der Waals surface area contributed by atoms with Gasteiger partial charge in [-0.25, -0.2) is 0 Å². The highest BCUT2D eigenvalue weighted by Crippen LogP contribution is 2.27. The molecule has 0 aromatic rings. The van der Waals surface area contributed by atoms with Crippen molar-refractivity contribution in [1.82, 2.24) is 0 Å². The lowest BCUT2D eigenvalue weighted by molar-refractivity contribution is 0.0189. The molecule has 1 fully saturated rings. The maximum atomic E-state index is 8.34. The lowest BCUT2D eigenvalue weighted by atomic mass is 9.85. The Balaban J connectivity index is 2.67. The standard InChI is InChI=1S/C7H12BN3O2/c1-4-6(10-11-9)5(3-12-2)13-7(4)8/h4-7H,3H2,1-2H3/t4?,5-,6+,7-/m1/s1. The summed E-state index contributed by atoms with van der Waals surface area (Å²) >= 11 is 0. The fraction of sp³-hybridized carbons (Fsp3) is 1.00. The Morgan fingerprint density at radius 1 is 1.69 bits per heavy atom. The Morgan fingerprint density at radius 2 is 2.38 bits per heavy atom. The van der Waals surface area contributed by atoms with Gasteiger partial charge in [0.2, 0.25) is 0 Å². The molecule has 5 nitrogen and oxygen atoms in total. The third-order valence-electron chi connectivity index (χ3n) is 2.29. The molecule has 2 radical (unpaired) electrons. The lowest BCUT2D eigenvalue weighted by Gasteiger charge is -2.14. The molecule has 0 amide bonds. The number of nitrogens with zero attached hydrogens (tertiary/aromatic N) is 3. The average Bonchev–Trinajstić information content (AvgIpc) is 2.34. The Morgan fingerprint density at radius 3 is 2.92 bits per heavy atom. The van der Waals surface area contributed by atoms with Crippen LogP contribution in [-0.4, -0.2) is 39.7 Å². The average molecular weight is 181 g/mol. The first-order chi connectivity index (χ1) is 6.20. The van der Waals surface area contributed by atoms with Gasteiger partial charge in [-0.05, 0) is 11.4 Å². The zero-order chi connectivity index (χ0) is 9.84. The molecule has 1 heterocycles. The van der Waals surface area contributed by atoms with E-state index in [1.165, 1.54) is 0 Å². The van der Waals surface area contributed by atoms with Crippen LogP contribution in [0, 0.1) is 5.92 Å². The predicted octanol–water partition coefficient (Wildman–Crippen LogP) is 0.841. The van der Waals surface area contributed by atoms with E-state index in [1.54, 1.807) is 7.11 Å². The number of ether oxygens (including phenoxy) is 2. The molecule has 0 N–H and O–H groups in total. The van der Waals surface area contributed by atoms with Crippen LogP contribution in [0.5, 0.6) is 0 Å². The van der Waals surface area contributed by atoms with Crippen LogP contribution in [0.25, 0.3) is 10.4 Å². The third kappa shape index (κ3) is 2.15. The van der Waals surface area contributed by atoms with E-state index in [9.17, 15) is 0 Å². The van der Waals surface area contributed by atoms with Crippen molar-refractivity contribution < 1.29 is 9.47 Å². The smallest absolute Gasteiger partial charge is 0.109 e. The van der Waals surface area contributed by atoms with Crippen molar-refractivity contribution >= 4 is 7.85 Å². The molecule has 0 aromatic carbocycles. The normalized spacial score (nSPS) is 38.6. The highest BCUT2D eigenvalue weighted by atomic mass is 16.5. The molecular formula is C7H12BN3O2. The Kier molecular flexibility index (Phi) is 3.60. The Bertz CT molecular complexity index is 220. The molecule has 13 heavy (non-hydrogen) atoms. The van der Waals surface area contributed by atoms with Crippen LogP contribution in [-0.2, 0) is 9.47 Å². The van der Waals surface area contributed by atoms with E-state index in [0.717, 1.165) is 0 Å². The number of hydrogen-bond donors (Lipinski definition) is 0. The van der Waals surface area contributed by atoms with E-state index in [4.69, 9.17) is 22.9 Å². The predicted molar refractivity (Wildman–Crippen MR) is 48.4 cm³/mol. The maximum absolute atomic E-state index is 8.34. The van der Waals surface area contributed by atoms with Crippen molar-refractivity contribution in [1.29, 1.82) is 0 Å². The van der Waals surface area contributed by atoms with Crippen LogP contribution in [0.1, 0.15) is 6.92 Å². The Labute approximate surface area is 78.4 Å². The molecule has 1 unspecified atom stereocenters. The molecule has 1 aliphatic rings. The summed E-state index contributed by atoms with van der Waals surface area (Å²) in [7, 11) is 7.23. The van der Waals surface area contributed by atoms with Gasteiger partial charge in [-0.3, -0.25) is 0 Å². The molecule has 0 aromatic heterocycles. The van der Waals surface area contributed by atoms with Gasteiger partial charge in [-0.1, -0.05) is 12.0 Å². The van der Waals surface area contributed by atoms with Crippen molar-refractivity contribution in [2.75, 3.05) is 13.7 Å². The first-order valence-electron chi connectivity index (χ1n) is 4.15. The summed E-state index contributed by atoms with van der Waals surface area (Å²) in [6, 6.07) is -0.587. The van der Waals surface area contributed by atoms with E-state index in [2.05, 4.69) is 10.0 Å². The molecule has 4 atom stereocenters. The maximum Gasteiger partial charge on any atom is 0.109 e. The number of hydrogen-bond acceptors (Lipinski definition) is 3. The fourth-order valence-corrected chi connectivity index (χ4v) is 1.48. The quantitative estimate of drug-likeness (QED) is 0.280. The van der Waals surface area contributed by atoms with Crippen molar-refractivity contribution in [3.63, 3.8) is 0 Å². The molecule has 0 bridgehead atoms. The summed E-state index contributed by atoms with van der Waals surface area (Å²) in [5, 5.41) is 3.65. The second-order valence-electron chi connectivity index (χ2n) is 3.15. The topological polar surface area (TPSA) is 67.2 Å². The van der Waals surface area contributed by atoms with Crippen molar-refractivity contribution in [2.24, 2.45) is 11.0 Å². The van der Waals surface area contributed by atoms with E-state index >= 15 is 0 Å². The summed E-state index contributed by atoms with van der Waals surface area (Å²) in [6.07, 6.45) is -0.217. The zero-order valence-electron chi connectivity index (χ0n) is 7.75. The van der Waals surface area contributed by atoms with E-state index in [-0.39, 0.29) is 24.1 Å². The van der Waals surface area contributed by atoms with Crippen LogP contribution in [0.2, 0.25) is 0 Å². The summed E-state index contributed by atoms with van der Waals surface area (Å²) in [6.45, 7) is 2.31. The largest absolute Gasteiger partial charge is 0.382 e. The van der Waals surface area contributed by atoms with Gasteiger partial charge in [0.1, 0.15) is 7.85 Å². The summed E-state index contributed by atoms with van der Waals surface area (Å²) in [4.78, 5) is 2.77. The van der Waals surface area contributed by atoms with Crippen LogP contribution < -0.4 is 0 Å².